The lowest BCUT2D eigenvalue weighted by molar-refractivity contribution is -0.120. The molecule has 3 aromatic carbocycles. The quantitative estimate of drug-likeness (QED) is 0.481. The standard InChI is InChI=1S/C24H25ClN2O5S2/c1-17-7-11-23(12-8-17)34(31,32)27(21-6-4-5-20(25)15-21)16-24(28)26-18(2)19-9-13-22(14-10-19)33(3,29)30/h4-15,18H,16H2,1-3H3,(H,26,28)/t18-/m0/s1. The zero-order valence-corrected chi connectivity index (χ0v) is 21.3. The molecule has 0 aliphatic rings. The summed E-state index contributed by atoms with van der Waals surface area (Å²) >= 11 is 6.09. The van der Waals surface area contributed by atoms with Gasteiger partial charge in [-0.3, -0.25) is 9.10 Å². The average Bonchev–Trinajstić information content (AvgIpc) is 2.77. The summed E-state index contributed by atoms with van der Waals surface area (Å²) < 4.78 is 51.2. The van der Waals surface area contributed by atoms with Gasteiger partial charge in [0.05, 0.1) is 21.5 Å². The van der Waals surface area contributed by atoms with Crippen LogP contribution in [0.3, 0.4) is 0 Å². The van der Waals surface area contributed by atoms with Crippen molar-refractivity contribution in [3.8, 4) is 0 Å². The molecule has 180 valence electrons. The van der Waals surface area contributed by atoms with Gasteiger partial charge in [0, 0.05) is 11.3 Å². The molecule has 0 aliphatic carbocycles. The maximum Gasteiger partial charge on any atom is 0.264 e. The highest BCUT2D eigenvalue weighted by atomic mass is 35.5. The Bertz CT molecular complexity index is 1390. The largest absolute Gasteiger partial charge is 0.348 e. The Kier molecular flexibility index (Phi) is 7.70. The second-order valence-electron chi connectivity index (χ2n) is 7.94. The van der Waals surface area contributed by atoms with Gasteiger partial charge in [-0.1, -0.05) is 47.5 Å². The molecule has 1 amide bonds. The van der Waals surface area contributed by atoms with Gasteiger partial charge in [-0.25, -0.2) is 16.8 Å². The van der Waals surface area contributed by atoms with Crippen molar-refractivity contribution < 1.29 is 21.6 Å². The van der Waals surface area contributed by atoms with Gasteiger partial charge in [-0.05, 0) is 61.9 Å². The van der Waals surface area contributed by atoms with Crippen LogP contribution < -0.4 is 9.62 Å². The summed E-state index contributed by atoms with van der Waals surface area (Å²) in [6.45, 7) is 3.11. The maximum atomic E-state index is 13.4. The predicted octanol–water partition coefficient (Wildman–Crippen LogP) is 4.12. The normalized spacial score (nSPS) is 12.7. The second kappa shape index (κ2) is 10.2. The molecule has 0 unspecified atom stereocenters. The fourth-order valence-corrected chi connectivity index (χ4v) is 5.52. The summed E-state index contributed by atoms with van der Waals surface area (Å²) in [7, 11) is -7.39. The third-order valence-electron chi connectivity index (χ3n) is 5.18. The maximum absolute atomic E-state index is 13.4. The molecule has 0 spiro atoms. The minimum Gasteiger partial charge on any atom is -0.348 e. The number of hydrogen-bond donors (Lipinski definition) is 1. The first-order valence-electron chi connectivity index (χ1n) is 10.3. The van der Waals surface area contributed by atoms with Gasteiger partial charge in [0.1, 0.15) is 6.54 Å². The molecule has 0 heterocycles. The van der Waals surface area contributed by atoms with Crippen LogP contribution in [0.5, 0.6) is 0 Å². The van der Waals surface area contributed by atoms with E-state index >= 15 is 0 Å². The van der Waals surface area contributed by atoms with E-state index in [0.29, 0.717) is 10.6 Å². The van der Waals surface area contributed by atoms with Crippen LogP contribution in [0.4, 0.5) is 5.69 Å². The number of carbonyl (C=O) groups is 1. The summed E-state index contributed by atoms with van der Waals surface area (Å²) in [6, 6.07) is 18.3. The number of sulfone groups is 1. The fourth-order valence-electron chi connectivity index (χ4n) is 3.29. The number of carbonyl (C=O) groups excluding carboxylic acids is 1. The molecule has 0 aliphatic heterocycles. The van der Waals surface area contributed by atoms with Crippen LogP contribution in [0.2, 0.25) is 5.02 Å². The summed E-state index contributed by atoms with van der Waals surface area (Å²) in [5, 5.41) is 3.11. The van der Waals surface area contributed by atoms with E-state index in [1.807, 2.05) is 6.92 Å². The molecule has 3 aromatic rings. The van der Waals surface area contributed by atoms with E-state index in [4.69, 9.17) is 11.6 Å². The molecule has 34 heavy (non-hydrogen) atoms. The minimum atomic E-state index is -4.06. The Labute approximate surface area is 205 Å². The molecule has 1 N–H and O–H groups in total. The first kappa shape index (κ1) is 25.7. The van der Waals surface area contributed by atoms with Crippen LogP contribution in [0, 0.1) is 6.92 Å². The lowest BCUT2D eigenvalue weighted by Gasteiger charge is -2.25. The Morgan fingerprint density at radius 2 is 1.53 bits per heavy atom. The Morgan fingerprint density at radius 1 is 0.941 bits per heavy atom. The van der Waals surface area contributed by atoms with Gasteiger partial charge in [-0.15, -0.1) is 0 Å². The van der Waals surface area contributed by atoms with Crippen molar-refractivity contribution in [1.82, 2.24) is 5.32 Å². The van der Waals surface area contributed by atoms with Gasteiger partial charge in [0.15, 0.2) is 9.84 Å². The van der Waals surface area contributed by atoms with E-state index in [-0.39, 0.29) is 15.5 Å². The molecular weight excluding hydrogens is 496 g/mol. The van der Waals surface area contributed by atoms with E-state index < -0.39 is 38.4 Å². The predicted molar refractivity (Wildman–Crippen MR) is 133 cm³/mol. The second-order valence-corrected chi connectivity index (χ2v) is 12.2. The third kappa shape index (κ3) is 6.16. The van der Waals surface area contributed by atoms with Crippen molar-refractivity contribution in [2.45, 2.75) is 29.7 Å². The molecule has 0 radical (unpaired) electrons. The summed E-state index contributed by atoms with van der Waals surface area (Å²) in [5.41, 5.74) is 1.84. The number of sulfonamides is 1. The topological polar surface area (TPSA) is 101 Å². The molecule has 1 atom stereocenters. The van der Waals surface area contributed by atoms with Crippen LogP contribution in [0.25, 0.3) is 0 Å². The van der Waals surface area contributed by atoms with Crippen molar-refractivity contribution in [2.75, 3.05) is 17.1 Å². The fraction of sp³-hybridized carbons (Fsp3) is 0.208. The molecule has 3 rings (SSSR count). The molecule has 0 bridgehead atoms. The van der Waals surface area contributed by atoms with Gasteiger partial charge < -0.3 is 5.32 Å². The SMILES string of the molecule is Cc1ccc(S(=O)(=O)N(CC(=O)N[C@@H](C)c2ccc(S(C)(=O)=O)cc2)c2cccc(Cl)c2)cc1. The smallest absolute Gasteiger partial charge is 0.264 e. The first-order valence-corrected chi connectivity index (χ1v) is 14.0. The van der Waals surface area contributed by atoms with Crippen molar-refractivity contribution >= 4 is 43.1 Å². The van der Waals surface area contributed by atoms with Gasteiger partial charge >= 0.3 is 0 Å². The van der Waals surface area contributed by atoms with Crippen LogP contribution in [-0.4, -0.2) is 35.5 Å². The zero-order valence-electron chi connectivity index (χ0n) is 18.9. The molecule has 0 saturated heterocycles. The number of aryl methyl sites for hydroxylation is 1. The van der Waals surface area contributed by atoms with Crippen LogP contribution in [-0.2, 0) is 24.7 Å². The molecule has 0 fully saturated rings. The average molecular weight is 521 g/mol. The third-order valence-corrected chi connectivity index (χ3v) is 8.33. The van der Waals surface area contributed by atoms with E-state index in [0.717, 1.165) is 16.1 Å². The number of hydrogen-bond acceptors (Lipinski definition) is 5. The van der Waals surface area contributed by atoms with E-state index in [1.54, 1.807) is 49.4 Å². The lowest BCUT2D eigenvalue weighted by atomic mass is 10.1. The van der Waals surface area contributed by atoms with E-state index in [1.165, 1.54) is 30.3 Å². The number of rotatable bonds is 8. The van der Waals surface area contributed by atoms with Gasteiger partial charge in [0.2, 0.25) is 5.91 Å². The zero-order chi connectivity index (χ0) is 25.1. The van der Waals surface area contributed by atoms with Crippen molar-refractivity contribution in [3.05, 3.63) is 88.9 Å². The van der Waals surface area contributed by atoms with Crippen LogP contribution >= 0.6 is 11.6 Å². The van der Waals surface area contributed by atoms with Gasteiger partial charge in [0.25, 0.3) is 10.0 Å². The van der Waals surface area contributed by atoms with E-state index in [9.17, 15) is 21.6 Å². The minimum absolute atomic E-state index is 0.0512. The highest BCUT2D eigenvalue weighted by Gasteiger charge is 2.28. The first-order chi connectivity index (χ1) is 15.9. The number of anilines is 1. The number of halogens is 1. The summed E-state index contributed by atoms with van der Waals surface area (Å²) in [4.78, 5) is 13.1. The number of benzene rings is 3. The molecule has 7 nitrogen and oxygen atoms in total. The Morgan fingerprint density at radius 3 is 2.09 bits per heavy atom. The van der Waals surface area contributed by atoms with Gasteiger partial charge in [-0.2, -0.15) is 0 Å². The molecule has 0 saturated carbocycles. The lowest BCUT2D eigenvalue weighted by Crippen LogP contribution is -2.41. The molecule has 10 heteroatoms. The van der Waals surface area contributed by atoms with Crippen molar-refractivity contribution in [2.24, 2.45) is 0 Å². The molecule has 0 aromatic heterocycles. The molecular formula is C24H25ClN2O5S2. The Balaban J connectivity index is 1.86. The number of nitrogens with zero attached hydrogens (tertiary/aromatic N) is 1. The van der Waals surface area contributed by atoms with E-state index in [2.05, 4.69) is 5.32 Å². The summed E-state index contributed by atoms with van der Waals surface area (Å²) in [5.74, 6) is -0.532. The highest BCUT2D eigenvalue weighted by Crippen LogP contribution is 2.26. The number of amides is 1. The summed E-state index contributed by atoms with van der Waals surface area (Å²) in [6.07, 6.45) is 1.12. The number of nitrogens with one attached hydrogen (secondary N) is 1. The highest BCUT2D eigenvalue weighted by molar-refractivity contribution is 7.93. The van der Waals surface area contributed by atoms with Crippen LogP contribution in [0.15, 0.2) is 82.6 Å². The van der Waals surface area contributed by atoms with Crippen molar-refractivity contribution in [3.63, 3.8) is 0 Å². The van der Waals surface area contributed by atoms with Crippen LogP contribution in [0.1, 0.15) is 24.1 Å². The van der Waals surface area contributed by atoms with Crippen molar-refractivity contribution in [1.29, 1.82) is 0 Å². The Hall–Kier alpha value is -2.88. The monoisotopic (exact) mass is 520 g/mol.